The van der Waals surface area contributed by atoms with Crippen molar-refractivity contribution in [3.05, 3.63) is 29.8 Å². The average molecular weight is 279 g/mol. The van der Waals surface area contributed by atoms with Crippen LogP contribution < -0.4 is 10.1 Å². The molecule has 0 heterocycles. The summed E-state index contributed by atoms with van der Waals surface area (Å²) >= 11 is 0. The van der Waals surface area contributed by atoms with Crippen LogP contribution >= 0.6 is 0 Å². The third kappa shape index (κ3) is 4.26. The van der Waals surface area contributed by atoms with Crippen molar-refractivity contribution in [2.45, 2.75) is 38.6 Å². The summed E-state index contributed by atoms with van der Waals surface area (Å²) in [6, 6.07) is 6.68. The second-order valence-electron chi connectivity index (χ2n) is 4.71. The van der Waals surface area contributed by atoms with Crippen LogP contribution in [0.15, 0.2) is 24.3 Å². The molecule has 1 aromatic carbocycles. The maximum absolute atomic E-state index is 11.9. The largest absolute Gasteiger partial charge is 0.496 e. The van der Waals surface area contributed by atoms with Crippen molar-refractivity contribution in [3.63, 3.8) is 0 Å². The van der Waals surface area contributed by atoms with Crippen molar-refractivity contribution >= 4 is 11.9 Å². The molecular weight excluding hydrogens is 258 g/mol. The van der Waals surface area contributed by atoms with E-state index in [1.165, 1.54) is 0 Å². The molecule has 1 amide bonds. The number of rotatable bonds is 7. The van der Waals surface area contributed by atoms with E-state index in [0.29, 0.717) is 6.42 Å². The van der Waals surface area contributed by atoms with E-state index < -0.39 is 12.0 Å². The number of carbonyl (C=O) groups excluding carboxylic acids is 1. The highest BCUT2D eigenvalue weighted by Gasteiger charge is 2.20. The van der Waals surface area contributed by atoms with Crippen molar-refractivity contribution in [1.82, 2.24) is 5.32 Å². The van der Waals surface area contributed by atoms with Crippen LogP contribution in [-0.2, 0) is 9.59 Å². The molecule has 0 fully saturated rings. The van der Waals surface area contributed by atoms with Crippen molar-refractivity contribution in [2.24, 2.45) is 0 Å². The van der Waals surface area contributed by atoms with Crippen LogP contribution in [-0.4, -0.2) is 30.1 Å². The molecule has 0 aliphatic rings. The van der Waals surface area contributed by atoms with Gasteiger partial charge in [-0.25, -0.2) is 4.79 Å². The van der Waals surface area contributed by atoms with E-state index in [4.69, 9.17) is 9.84 Å². The molecule has 2 atom stereocenters. The molecule has 0 bridgehead atoms. The van der Waals surface area contributed by atoms with Gasteiger partial charge in [-0.1, -0.05) is 32.0 Å². The first-order valence-electron chi connectivity index (χ1n) is 6.64. The van der Waals surface area contributed by atoms with Gasteiger partial charge in [-0.2, -0.15) is 0 Å². The Morgan fingerprint density at radius 2 is 2.00 bits per heavy atom. The van der Waals surface area contributed by atoms with Gasteiger partial charge in [-0.15, -0.1) is 0 Å². The van der Waals surface area contributed by atoms with Crippen LogP contribution in [0.3, 0.4) is 0 Å². The minimum absolute atomic E-state index is 0.0440. The second kappa shape index (κ2) is 7.53. The van der Waals surface area contributed by atoms with Crippen molar-refractivity contribution in [1.29, 1.82) is 0 Å². The predicted molar refractivity (Wildman–Crippen MR) is 75.9 cm³/mol. The summed E-state index contributed by atoms with van der Waals surface area (Å²) in [7, 11) is 1.59. The topological polar surface area (TPSA) is 75.6 Å². The quantitative estimate of drug-likeness (QED) is 0.802. The van der Waals surface area contributed by atoms with Gasteiger partial charge in [0.05, 0.1) is 7.11 Å². The van der Waals surface area contributed by atoms with Gasteiger partial charge in [0.15, 0.2) is 0 Å². The maximum atomic E-state index is 11.9. The molecule has 2 N–H and O–H groups in total. The number of hydrogen-bond donors (Lipinski definition) is 2. The number of benzene rings is 1. The van der Waals surface area contributed by atoms with Gasteiger partial charge in [-0.3, -0.25) is 4.79 Å². The molecule has 0 radical (unpaired) electrons. The first-order chi connectivity index (χ1) is 9.49. The monoisotopic (exact) mass is 279 g/mol. The Balaban J connectivity index is 2.68. The molecule has 5 nitrogen and oxygen atoms in total. The molecule has 2 unspecified atom stereocenters. The lowest BCUT2D eigenvalue weighted by molar-refractivity contribution is -0.141. The molecule has 0 saturated carbocycles. The Hall–Kier alpha value is -2.04. The molecule has 20 heavy (non-hydrogen) atoms. The molecule has 0 spiro atoms. The number of para-hydroxylation sites is 1. The summed E-state index contributed by atoms with van der Waals surface area (Å²) in [4.78, 5) is 22.8. The Morgan fingerprint density at radius 3 is 2.55 bits per heavy atom. The lowest BCUT2D eigenvalue weighted by atomic mass is 9.96. The van der Waals surface area contributed by atoms with Gasteiger partial charge < -0.3 is 15.2 Å². The molecule has 110 valence electrons. The first-order valence-corrected chi connectivity index (χ1v) is 6.64. The smallest absolute Gasteiger partial charge is 0.326 e. The number of amides is 1. The van der Waals surface area contributed by atoms with E-state index in [-0.39, 0.29) is 18.2 Å². The fourth-order valence-electron chi connectivity index (χ4n) is 2.05. The summed E-state index contributed by atoms with van der Waals surface area (Å²) in [6.45, 7) is 3.64. The third-order valence-electron chi connectivity index (χ3n) is 3.20. The number of carboxylic acid groups (broad SMARTS) is 1. The highest BCUT2D eigenvalue weighted by atomic mass is 16.5. The molecule has 0 aliphatic carbocycles. The number of nitrogens with one attached hydrogen (secondary N) is 1. The third-order valence-corrected chi connectivity index (χ3v) is 3.20. The number of ether oxygens (including phenoxy) is 1. The Labute approximate surface area is 118 Å². The van der Waals surface area contributed by atoms with Crippen LogP contribution in [0.1, 0.15) is 38.2 Å². The minimum atomic E-state index is -1.01. The molecule has 0 aliphatic heterocycles. The number of carbonyl (C=O) groups is 2. The zero-order valence-corrected chi connectivity index (χ0v) is 12.1. The fourth-order valence-corrected chi connectivity index (χ4v) is 2.05. The summed E-state index contributed by atoms with van der Waals surface area (Å²) in [6.07, 6.45) is 0.592. The molecule has 0 saturated heterocycles. The number of carboxylic acids is 1. The van der Waals surface area contributed by atoms with E-state index in [9.17, 15) is 9.59 Å². The second-order valence-corrected chi connectivity index (χ2v) is 4.71. The lowest BCUT2D eigenvalue weighted by Gasteiger charge is -2.17. The molecular formula is C15H21NO4. The number of aliphatic carboxylic acids is 1. The fraction of sp³-hybridized carbons (Fsp3) is 0.467. The molecule has 0 aromatic heterocycles. The highest BCUT2D eigenvalue weighted by molar-refractivity contribution is 5.83. The van der Waals surface area contributed by atoms with E-state index in [1.807, 2.05) is 31.2 Å². The zero-order valence-electron chi connectivity index (χ0n) is 12.1. The Morgan fingerprint density at radius 1 is 1.35 bits per heavy atom. The maximum Gasteiger partial charge on any atom is 0.326 e. The van der Waals surface area contributed by atoms with E-state index in [1.54, 1.807) is 14.0 Å². The minimum Gasteiger partial charge on any atom is -0.496 e. The Kier molecular flexibility index (Phi) is 6.03. The van der Waals surface area contributed by atoms with Crippen LogP contribution in [0.5, 0.6) is 5.75 Å². The van der Waals surface area contributed by atoms with E-state index in [2.05, 4.69) is 5.32 Å². The van der Waals surface area contributed by atoms with E-state index in [0.717, 1.165) is 11.3 Å². The summed E-state index contributed by atoms with van der Waals surface area (Å²) < 4.78 is 5.26. The zero-order chi connectivity index (χ0) is 15.1. The number of hydrogen-bond acceptors (Lipinski definition) is 3. The lowest BCUT2D eigenvalue weighted by Crippen LogP contribution is -2.40. The highest BCUT2D eigenvalue weighted by Crippen LogP contribution is 2.28. The van der Waals surface area contributed by atoms with Gasteiger partial charge in [-0.05, 0) is 24.0 Å². The van der Waals surface area contributed by atoms with Crippen LogP contribution in [0.4, 0.5) is 0 Å². The summed E-state index contributed by atoms with van der Waals surface area (Å²) in [5.74, 6) is -0.584. The van der Waals surface area contributed by atoms with Gasteiger partial charge in [0.25, 0.3) is 0 Å². The van der Waals surface area contributed by atoms with Crippen molar-refractivity contribution in [2.75, 3.05) is 7.11 Å². The Bertz CT molecular complexity index is 473. The normalized spacial score (nSPS) is 13.3. The van der Waals surface area contributed by atoms with Crippen LogP contribution in [0.25, 0.3) is 0 Å². The standard InChI is InChI=1S/C15H21NO4/c1-4-12(15(18)19)16-14(17)9-10(2)11-7-5-6-8-13(11)20-3/h5-8,10,12H,4,9H2,1-3H3,(H,16,17)(H,18,19). The molecule has 5 heteroatoms. The molecule has 1 rings (SSSR count). The van der Waals surface area contributed by atoms with Crippen LogP contribution in [0, 0.1) is 0 Å². The van der Waals surface area contributed by atoms with Gasteiger partial charge in [0.2, 0.25) is 5.91 Å². The predicted octanol–water partition coefficient (Wildman–Crippen LogP) is 2.17. The summed E-state index contributed by atoms with van der Waals surface area (Å²) in [5, 5.41) is 11.4. The summed E-state index contributed by atoms with van der Waals surface area (Å²) in [5.41, 5.74) is 0.938. The van der Waals surface area contributed by atoms with Crippen LogP contribution in [0.2, 0.25) is 0 Å². The van der Waals surface area contributed by atoms with E-state index >= 15 is 0 Å². The number of methoxy groups -OCH3 is 1. The SMILES string of the molecule is CCC(NC(=O)CC(C)c1ccccc1OC)C(=O)O. The van der Waals surface area contributed by atoms with Gasteiger partial charge in [0.1, 0.15) is 11.8 Å². The first kappa shape index (κ1) is 16.0. The average Bonchev–Trinajstić information content (AvgIpc) is 2.44. The van der Waals surface area contributed by atoms with Crippen molar-refractivity contribution < 1.29 is 19.4 Å². The molecule has 1 aromatic rings. The van der Waals surface area contributed by atoms with Gasteiger partial charge in [0, 0.05) is 6.42 Å². The van der Waals surface area contributed by atoms with Gasteiger partial charge >= 0.3 is 5.97 Å². The van der Waals surface area contributed by atoms with Crippen molar-refractivity contribution in [3.8, 4) is 5.75 Å².